The Balaban J connectivity index is 2.39. The van der Waals surface area contributed by atoms with Gasteiger partial charge in [0.25, 0.3) is 0 Å². The molecule has 0 aliphatic carbocycles. The van der Waals surface area contributed by atoms with E-state index in [1.807, 2.05) is 29.6 Å². The lowest BCUT2D eigenvalue weighted by atomic mass is 10.1. The molecule has 0 saturated carbocycles. The molecule has 5 heteroatoms. The second kappa shape index (κ2) is 7.32. The highest BCUT2D eigenvalue weighted by atomic mass is 16.2. The van der Waals surface area contributed by atoms with E-state index in [-0.39, 0.29) is 6.54 Å². The number of nitrogens with two attached hydrogens (primary N) is 1. The van der Waals surface area contributed by atoms with Crippen molar-refractivity contribution in [1.82, 2.24) is 5.32 Å². The molecule has 0 aliphatic heterocycles. The van der Waals surface area contributed by atoms with Crippen molar-refractivity contribution in [2.24, 2.45) is 5.73 Å². The Morgan fingerprint density at radius 3 is 2.44 bits per heavy atom. The molecule has 0 fully saturated rings. The number of hydrogen-bond donors (Lipinski definition) is 3. The second-order valence-electron chi connectivity index (χ2n) is 4.07. The number of carbonyl (C=O) groups excluding carboxylic acids is 2. The molecule has 0 bridgehead atoms. The predicted octanol–water partition coefficient (Wildman–Crippen LogP) is 1.64. The standard InChI is InChI=1S/C13H19N3O2/c1-2-3-4-10-5-7-11(8-6-10)15-9-12(17)16-13(14)18/h5-8,15H,2-4,9H2,1H3,(H3,14,16,17,18). The first-order valence-corrected chi connectivity index (χ1v) is 6.04. The molecule has 4 N–H and O–H groups in total. The van der Waals surface area contributed by atoms with Crippen molar-refractivity contribution in [1.29, 1.82) is 0 Å². The maximum atomic E-state index is 11.2. The molecular formula is C13H19N3O2. The Labute approximate surface area is 107 Å². The number of anilines is 1. The molecule has 1 aromatic rings. The summed E-state index contributed by atoms with van der Waals surface area (Å²) in [4.78, 5) is 21.6. The van der Waals surface area contributed by atoms with Gasteiger partial charge in [0.15, 0.2) is 0 Å². The van der Waals surface area contributed by atoms with E-state index < -0.39 is 11.9 Å². The number of amides is 3. The van der Waals surface area contributed by atoms with Gasteiger partial charge in [-0.05, 0) is 30.5 Å². The highest BCUT2D eigenvalue weighted by molar-refractivity contribution is 5.95. The van der Waals surface area contributed by atoms with Crippen LogP contribution in [-0.2, 0) is 11.2 Å². The van der Waals surface area contributed by atoms with Gasteiger partial charge in [-0.3, -0.25) is 10.1 Å². The van der Waals surface area contributed by atoms with Gasteiger partial charge in [0.1, 0.15) is 0 Å². The molecular weight excluding hydrogens is 230 g/mol. The number of primary amides is 1. The maximum Gasteiger partial charge on any atom is 0.318 e. The number of hydrogen-bond acceptors (Lipinski definition) is 3. The van der Waals surface area contributed by atoms with E-state index in [2.05, 4.69) is 12.2 Å². The SMILES string of the molecule is CCCCc1ccc(NCC(=O)NC(N)=O)cc1. The molecule has 0 radical (unpaired) electrons. The van der Waals surface area contributed by atoms with Crippen molar-refractivity contribution in [3.8, 4) is 0 Å². The number of unbranched alkanes of at least 4 members (excludes halogenated alkanes) is 1. The van der Waals surface area contributed by atoms with Crippen LogP contribution >= 0.6 is 0 Å². The van der Waals surface area contributed by atoms with E-state index in [9.17, 15) is 9.59 Å². The minimum Gasteiger partial charge on any atom is -0.376 e. The predicted molar refractivity (Wildman–Crippen MR) is 71.3 cm³/mol. The zero-order valence-electron chi connectivity index (χ0n) is 10.5. The van der Waals surface area contributed by atoms with Gasteiger partial charge in [-0.2, -0.15) is 0 Å². The fourth-order valence-electron chi connectivity index (χ4n) is 1.53. The van der Waals surface area contributed by atoms with Crippen molar-refractivity contribution < 1.29 is 9.59 Å². The van der Waals surface area contributed by atoms with Gasteiger partial charge >= 0.3 is 6.03 Å². The van der Waals surface area contributed by atoms with Crippen LogP contribution in [0, 0.1) is 0 Å². The lowest BCUT2D eigenvalue weighted by molar-refractivity contribution is -0.118. The molecule has 0 aliphatic rings. The summed E-state index contributed by atoms with van der Waals surface area (Å²) in [5, 5.41) is 4.90. The third-order valence-corrected chi connectivity index (χ3v) is 2.49. The molecule has 0 heterocycles. The molecule has 0 aromatic heterocycles. The van der Waals surface area contributed by atoms with Gasteiger partial charge in [0, 0.05) is 5.69 Å². The van der Waals surface area contributed by atoms with Crippen molar-refractivity contribution >= 4 is 17.6 Å². The molecule has 18 heavy (non-hydrogen) atoms. The van der Waals surface area contributed by atoms with E-state index in [0.29, 0.717) is 0 Å². The second-order valence-corrected chi connectivity index (χ2v) is 4.07. The summed E-state index contributed by atoms with van der Waals surface area (Å²) in [5.74, 6) is -0.447. The zero-order chi connectivity index (χ0) is 13.4. The fourth-order valence-corrected chi connectivity index (χ4v) is 1.53. The first-order valence-electron chi connectivity index (χ1n) is 6.04. The molecule has 0 saturated heterocycles. The van der Waals surface area contributed by atoms with Gasteiger partial charge in [-0.15, -0.1) is 0 Å². The number of nitrogens with one attached hydrogen (secondary N) is 2. The van der Waals surface area contributed by atoms with Crippen molar-refractivity contribution in [3.05, 3.63) is 29.8 Å². The summed E-state index contributed by atoms with van der Waals surface area (Å²) < 4.78 is 0. The Hall–Kier alpha value is -2.04. The van der Waals surface area contributed by atoms with Crippen molar-refractivity contribution in [2.75, 3.05) is 11.9 Å². The highest BCUT2D eigenvalue weighted by Gasteiger charge is 2.03. The molecule has 1 rings (SSSR count). The normalized spacial score (nSPS) is 9.83. The number of rotatable bonds is 6. The van der Waals surface area contributed by atoms with Crippen LogP contribution in [0.3, 0.4) is 0 Å². The Morgan fingerprint density at radius 2 is 1.89 bits per heavy atom. The molecule has 98 valence electrons. The summed E-state index contributed by atoms with van der Waals surface area (Å²) in [5.41, 5.74) is 6.95. The number of imide groups is 1. The van der Waals surface area contributed by atoms with E-state index in [4.69, 9.17) is 5.73 Å². The van der Waals surface area contributed by atoms with Crippen LogP contribution in [-0.4, -0.2) is 18.5 Å². The third kappa shape index (κ3) is 5.34. The van der Waals surface area contributed by atoms with Crippen LogP contribution in [0.2, 0.25) is 0 Å². The summed E-state index contributed by atoms with van der Waals surface area (Å²) in [6.07, 6.45) is 3.42. The zero-order valence-corrected chi connectivity index (χ0v) is 10.5. The van der Waals surface area contributed by atoms with Crippen LogP contribution < -0.4 is 16.4 Å². The van der Waals surface area contributed by atoms with Crippen LogP contribution in [0.25, 0.3) is 0 Å². The monoisotopic (exact) mass is 249 g/mol. The molecule has 0 atom stereocenters. The lowest BCUT2D eigenvalue weighted by Gasteiger charge is -2.07. The van der Waals surface area contributed by atoms with E-state index in [0.717, 1.165) is 12.1 Å². The smallest absolute Gasteiger partial charge is 0.318 e. The minimum absolute atomic E-state index is 0.0250. The van der Waals surface area contributed by atoms with Gasteiger partial charge in [-0.1, -0.05) is 25.5 Å². The maximum absolute atomic E-state index is 11.2. The van der Waals surface area contributed by atoms with Gasteiger partial charge in [-0.25, -0.2) is 4.79 Å². The molecule has 3 amide bonds. The summed E-state index contributed by atoms with van der Waals surface area (Å²) in [6.45, 7) is 2.19. The summed E-state index contributed by atoms with van der Waals surface area (Å²) in [6, 6.07) is 7.07. The van der Waals surface area contributed by atoms with E-state index >= 15 is 0 Å². The van der Waals surface area contributed by atoms with E-state index in [1.54, 1.807) is 0 Å². The fraction of sp³-hybridized carbons (Fsp3) is 0.385. The van der Waals surface area contributed by atoms with Crippen LogP contribution in [0.15, 0.2) is 24.3 Å². The Morgan fingerprint density at radius 1 is 1.22 bits per heavy atom. The first-order chi connectivity index (χ1) is 8.61. The molecule has 0 spiro atoms. The molecule has 0 unspecified atom stereocenters. The average Bonchev–Trinajstić information content (AvgIpc) is 2.34. The number of benzene rings is 1. The Kier molecular flexibility index (Phi) is 5.70. The number of aryl methyl sites for hydroxylation is 1. The van der Waals surface area contributed by atoms with Crippen LogP contribution in [0.4, 0.5) is 10.5 Å². The summed E-state index contributed by atoms with van der Waals surface area (Å²) in [7, 11) is 0. The number of carbonyl (C=O) groups is 2. The molecule has 5 nitrogen and oxygen atoms in total. The van der Waals surface area contributed by atoms with Gasteiger partial charge in [0.05, 0.1) is 6.54 Å². The first kappa shape index (κ1) is 14.0. The topological polar surface area (TPSA) is 84.2 Å². The third-order valence-electron chi connectivity index (χ3n) is 2.49. The summed E-state index contributed by atoms with van der Waals surface area (Å²) >= 11 is 0. The van der Waals surface area contributed by atoms with Gasteiger partial charge < -0.3 is 11.1 Å². The average molecular weight is 249 g/mol. The van der Waals surface area contributed by atoms with Crippen molar-refractivity contribution in [2.45, 2.75) is 26.2 Å². The van der Waals surface area contributed by atoms with E-state index in [1.165, 1.54) is 18.4 Å². The van der Waals surface area contributed by atoms with Crippen LogP contribution in [0.1, 0.15) is 25.3 Å². The van der Waals surface area contributed by atoms with Crippen molar-refractivity contribution in [3.63, 3.8) is 0 Å². The van der Waals surface area contributed by atoms with Gasteiger partial charge in [0.2, 0.25) is 5.91 Å². The number of urea groups is 1. The minimum atomic E-state index is -0.836. The van der Waals surface area contributed by atoms with Crippen LogP contribution in [0.5, 0.6) is 0 Å². The highest BCUT2D eigenvalue weighted by Crippen LogP contribution is 2.11. The lowest BCUT2D eigenvalue weighted by Crippen LogP contribution is -2.38. The Bertz CT molecular complexity index is 401. The molecule has 1 aromatic carbocycles. The quantitative estimate of drug-likeness (QED) is 0.716. The largest absolute Gasteiger partial charge is 0.376 e.